The molecule has 1 fully saturated rings. The zero-order chi connectivity index (χ0) is 14.4. The summed E-state index contributed by atoms with van der Waals surface area (Å²) in [5.41, 5.74) is 0.597. The van der Waals surface area contributed by atoms with Gasteiger partial charge in [0.25, 0.3) is 5.91 Å². The normalized spacial score (nSPS) is 14.8. The number of ether oxygens (including phenoxy) is 2. The van der Waals surface area contributed by atoms with Gasteiger partial charge in [0.05, 0.1) is 7.11 Å². The molecule has 4 heteroatoms. The predicted molar refractivity (Wildman–Crippen MR) is 78.4 cm³/mol. The van der Waals surface area contributed by atoms with Crippen molar-refractivity contribution in [3.05, 3.63) is 36.4 Å². The number of carbonyl (C=O) groups is 1. The van der Waals surface area contributed by atoms with E-state index in [1.807, 2.05) is 0 Å². The average molecular weight is 275 g/mol. The van der Waals surface area contributed by atoms with Crippen LogP contribution in [0.25, 0.3) is 0 Å². The molecule has 1 aromatic carbocycles. The summed E-state index contributed by atoms with van der Waals surface area (Å²) >= 11 is 0. The Kier molecular flexibility index (Phi) is 5.04. The van der Waals surface area contributed by atoms with Crippen molar-refractivity contribution < 1.29 is 14.3 Å². The fourth-order valence-electron chi connectivity index (χ4n) is 2.42. The van der Waals surface area contributed by atoms with Crippen LogP contribution < -0.4 is 14.8 Å². The van der Waals surface area contributed by atoms with Gasteiger partial charge in [-0.05, 0) is 31.0 Å². The lowest BCUT2D eigenvalue weighted by atomic mass is 10.1. The van der Waals surface area contributed by atoms with Crippen LogP contribution in [0.1, 0.15) is 36.0 Å². The highest BCUT2D eigenvalue weighted by molar-refractivity contribution is 5.95. The highest BCUT2D eigenvalue weighted by Crippen LogP contribution is 2.28. The van der Waals surface area contributed by atoms with Crippen molar-refractivity contribution in [3.8, 4) is 11.5 Å². The molecule has 1 aliphatic rings. The lowest BCUT2D eigenvalue weighted by molar-refractivity contribution is 0.0937. The zero-order valence-corrected chi connectivity index (χ0v) is 11.9. The minimum Gasteiger partial charge on any atom is -0.493 e. The highest BCUT2D eigenvalue weighted by Gasteiger charge is 2.18. The summed E-state index contributed by atoms with van der Waals surface area (Å²) in [6.07, 6.45) is 6.21. The third kappa shape index (κ3) is 3.53. The molecule has 0 unspecified atom stereocenters. The Labute approximate surface area is 119 Å². The van der Waals surface area contributed by atoms with Crippen LogP contribution in [0.5, 0.6) is 11.5 Å². The van der Waals surface area contributed by atoms with Gasteiger partial charge in [-0.15, -0.1) is 0 Å². The van der Waals surface area contributed by atoms with Crippen LogP contribution in [0.4, 0.5) is 0 Å². The summed E-state index contributed by atoms with van der Waals surface area (Å²) in [6, 6.07) is 5.53. The fourth-order valence-corrected chi connectivity index (χ4v) is 2.42. The number of benzene rings is 1. The summed E-state index contributed by atoms with van der Waals surface area (Å²) in [5, 5.41) is 3.06. The van der Waals surface area contributed by atoms with Gasteiger partial charge in [0.1, 0.15) is 6.61 Å². The first-order valence-electron chi connectivity index (χ1n) is 6.97. The molecule has 1 N–H and O–H groups in total. The van der Waals surface area contributed by atoms with Crippen molar-refractivity contribution in [2.45, 2.75) is 31.7 Å². The predicted octanol–water partition coefficient (Wildman–Crippen LogP) is 2.93. The van der Waals surface area contributed by atoms with Crippen LogP contribution in [0.2, 0.25) is 0 Å². The lowest BCUT2D eigenvalue weighted by Crippen LogP contribution is -2.32. The molecule has 0 saturated heterocycles. The maximum Gasteiger partial charge on any atom is 0.251 e. The molecule has 0 atom stereocenters. The number of carbonyl (C=O) groups excluding carboxylic acids is 1. The van der Waals surface area contributed by atoms with Crippen molar-refractivity contribution in [1.29, 1.82) is 0 Å². The van der Waals surface area contributed by atoms with E-state index in [9.17, 15) is 4.79 Å². The summed E-state index contributed by atoms with van der Waals surface area (Å²) in [4.78, 5) is 12.2. The van der Waals surface area contributed by atoms with E-state index in [0.29, 0.717) is 29.7 Å². The Hall–Kier alpha value is -1.97. The standard InChI is InChI=1S/C16H21NO3/c1-3-10-20-14-9-8-12(11-15(14)19-2)16(18)17-13-6-4-5-7-13/h3,8-9,11,13H,1,4-7,10H2,2H3,(H,17,18). The number of rotatable bonds is 6. The molecule has 4 nitrogen and oxygen atoms in total. The molecule has 20 heavy (non-hydrogen) atoms. The van der Waals surface area contributed by atoms with Crippen LogP contribution >= 0.6 is 0 Å². The Morgan fingerprint density at radius 3 is 2.80 bits per heavy atom. The van der Waals surface area contributed by atoms with E-state index in [0.717, 1.165) is 12.8 Å². The van der Waals surface area contributed by atoms with E-state index in [1.54, 1.807) is 31.4 Å². The van der Waals surface area contributed by atoms with Crippen molar-refractivity contribution in [1.82, 2.24) is 5.32 Å². The summed E-state index contributed by atoms with van der Waals surface area (Å²) in [7, 11) is 1.56. The van der Waals surface area contributed by atoms with E-state index < -0.39 is 0 Å². The van der Waals surface area contributed by atoms with Crippen molar-refractivity contribution >= 4 is 5.91 Å². The summed E-state index contributed by atoms with van der Waals surface area (Å²) in [5.74, 6) is 1.13. The quantitative estimate of drug-likeness (QED) is 0.812. The first-order valence-corrected chi connectivity index (χ1v) is 6.97. The number of hydrogen-bond donors (Lipinski definition) is 1. The van der Waals surface area contributed by atoms with Gasteiger partial charge < -0.3 is 14.8 Å². The molecule has 0 bridgehead atoms. The molecule has 0 radical (unpaired) electrons. The zero-order valence-electron chi connectivity index (χ0n) is 11.9. The Bertz CT molecular complexity index is 479. The third-order valence-electron chi connectivity index (χ3n) is 3.47. The monoisotopic (exact) mass is 275 g/mol. The average Bonchev–Trinajstić information content (AvgIpc) is 2.97. The molecule has 0 heterocycles. The van der Waals surface area contributed by atoms with Crippen LogP contribution in [-0.2, 0) is 0 Å². The van der Waals surface area contributed by atoms with Gasteiger partial charge in [-0.2, -0.15) is 0 Å². The topological polar surface area (TPSA) is 47.6 Å². The fraction of sp³-hybridized carbons (Fsp3) is 0.438. The number of amides is 1. The van der Waals surface area contributed by atoms with Crippen LogP contribution in [0, 0.1) is 0 Å². The summed E-state index contributed by atoms with van der Waals surface area (Å²) in [6.45, 7) is 4.01. The van der Waals surface area contributed by atoms with Gasteiger partial charge in [-0.25, -0.2) is 0 Å². The molecule has 1 aliphatic carbocycles. The third-order valence-corrected chi connectivity index (χ3v) is 3.47. The van der Waals surface area contributed by atoms with Crippen molar-refractivity contribution in [2.75, 3.05) is 13.7 Å². The largest absolute Gasteiger partial charge is 0.493 e. The molecule has 0 spiro atoms. The first kappa shape index (κ1) is 14.4. The van der Waals surface area contributed by atoms with Gasteiger partial charge in [0, 0.05) is 11.6 Å². The first-order chi connectivity index (χ1) is 9.74. The van der Waals surface area contributed by atoms with E-state index in [-0.39, 0.29) is 5.91 Å². The molecule has 108 valence electrons. The van der Waals surface area contributed by atoms with E-state index in [4.69, 9.17) is 9.47 Å². The molecular weight excluding hydrogens is 254 g/mol. The van der Waals surface area contributed by atoms with Crippen LogP contribution in [0.15, 0.2) is 30.9 Å². The number of nitrogens with one attached hydrogen (secondary N) is 1. The molecule has 1 saturated carbocycles. The van der Waals surface area contributed by atoms with Gasteiger partial charge in [0.2, 0.25) is 0 Å². The van der Waals surface area contributed by atoms with E-state index in [1.165, 1.54) is 12.8 Å². The van der Waals surface area contributed by atoms with E-state index >= 15 is 0 Å². The minimum atomic E-state index is -0.0505. The Morgan fingerprint density at radius 1 is 1.40 bits per heavy atom. The SMILES string of the molecule is C=CCOc1ccc(C(=O)NC2CCCC2)cc1OC. The lowest BCUT2D eigenvalue weighted by Gasteiger charge is -2.14. The summed E-state index contributed by atoms with van der Waals surface area (Å²) < 4.78 is 10.7. The molecule has 2 rings (SSSR count). The maximum atomic E-state index is 12.2. The van der Waals surface area contributed by atoms with Crippen LogP contribution in [-0.4, -0.2) is 25.7 Å². The molecule has 0 aromatic heterocycles. The Morgan fingerprint density at radius 2 is 2.15 bits per heavy atom. The van der Waals surface area contributed by atoms with Crippen molar-refractivity contribution in [2.24, 2.45) is 0 Å². The second-order valence-electron chi connectivity index (χ2n) is 4.92. The molecule has 1 aromatic rings. The second-order valence-corrected chi connectivity index (χ2v) is 4.92. The maximum absolute atomic E-state index is 12.2. The second kappa shape index (κ2) is 6.98. The molecule has 0 aliphatic heterocycles. The van der Waals surface area contributed by atoms with Gasteiger partial charge in [-0.1, -0.05) is 25.5 Å². The number of hydrogen-bond acceptors (Lipinski definition) is 3. The smallest absolute Gasteiger partial charge is 0.251 e. The minimum absolute atomic E-state index is 0.0505. The Balaban J connectivity index is 2.07. The van der Waals surface area contributed by atoms with Gasteiger partial charge >= 0.3 is 0 Å². The van der Waals surface area contributed by atoms with Gasteiger partial charge in [-0.3, -0.25) is 4.79 Å². The van der Waals surface area contributed by atoms with Crippen molar-refractivity contribution in [3.63, 3.8) is 0 Å². The highest BCUT2D eigenvalue weighted by atomic mass is 16.5. The van der Waals surface area contributed by atoms with E-state index in [2.05, 4.69) is 11.9 Å². The molecule has 1 amide bonds. The van der Waals surface area contributed by atoms with Gasteiger partial charge in [0.15, 0.2) is 11.5 Å². The molecular formula is C16H21NO3. The van der Waals surface area contributed by atoms with Crippen LogP contribution in [0.3, 0.4) is 0 Å². The number of methoxy groups -OCH3 is 1.